The number of nitrogens with zero attached hydrogens (tertiary/aromatic N) is 2. The zero-order valence-electron chi connectivity index (χ0n) is 13.6. The van der Waals surface area contributed by atoms with Gasteiger partial charge in [0.1, 0.15) is 17.0 Å². The molecular weight excluding hydrogens is 318 g/mol. The molecule has 0 bridgehead atoms. The first kappa shape index (κ1) is 16.4. The van der Waals surface area contributed by atoms with Crippen LogP contribution in [0, 0.1) is 11.8 Å². The normalized spacial score (nSPS) is 10.4. The lowest BCUT2D eigenvalue weighted by Crippen LogP contribution is -2.03. The zero-order chi connectivity index (χ0) is 16.6. The first-order valence-corrected chi connectivity index (χ1v) is 8.83. The third-order valence-corrected chi connectivity index (χ3v) is 4.33. The first-order chi connectivity index (χ1) is 11.9. The fourth-order valence-corrected chi connectivity index (χ4v) is 3.04. The number of hydrogen-bond acceptors (Lipinski definition) is 5. The molecule has 2 aromatic heterocycles. The van der Waals surface area contributed by atoms with Gasteiger partial charge in [-0.05, 0) is 30.0 Å². The molecule has 122 valence electrons. The average molecular weight is 337 g/mol. The van der Waals surface area contributed by atoms with Crippen LogP contribution in [-0.2, 0) is 11.3 Å². The van der Waals surface area contributed by atoms with E-state index < -0.39 is 0 Å². The van der Waals surface area contributed by atoms with Crippen molar-refractivity contribution in [2.45, 2.75) is 20.0 Å². The topological polar surface area (TPSA) is 47.0 Å². The number of anilines is 1. The summed E-state index contributed by atoms with van der Waals surface area (Å²) in [5.74, 6) is 7.34. The van der Waals surface area contributed by atoms with Gasteiger partial charge in [-0.1, -0.05) is 30.0 Å². The van der Waals surface area contributed by atoms with Crippen molar-refractivity contribution in [2.75, 3.05) is 18.5 Å². The molecule has 0 atom stereocenters. The molecule has 4 nitrogen and oxygen atoms in total. The number of benzene rings is 1. The van der Waals surface area contributed by atoms with Crippen molar-refractivity contribution < 1.29 is 4.74 Å². The fraction of sp³-hybridized carbons (Fsp3) is 0.263. The average Bonchev–Trinajstić information content (AvgIpc) is 3.10. The van der Waals surface area contributed by atoms with Crippen molar-refractivity contribution in [2.24, 2.45) is 0 Å². The van der Waals surface area contributed by atoms with Gasteiger partial charge in [0.25, 0.3) is 0 Å². The van der Waals surface area contributed by atoms with E-state index in [0.717, 1.165) is 40.1 Å². The van der Waals surface area contributed by atoms with Crippen LogP contribution in [0.2, 0.25) is 0 Å². The quantitative estimate of drug-likeness (QED) is 0.544. The predicted molar refractivity (Wildman–Crippen MR) is 99.2 cm³/mol. The Morgan fingerprint density at radius 1 is 1.21 bits per heavy atom. The van der Waals surface area contributed by atoms with E-state index in [1.165, 1.54) is 0 Å². The minimum Gasteiger partial charge on any atom is -0.377 e. The van der Waals surface area contributed by atoms with Crippen molar-refractivity contribution in [1.29, 1.82) is 0 Å². The summed E-state index contributed by atoms with van der Waals surface area (Å²) in [5, 5.41) is 6.43. The Kier molecular flexibility index (Phi) is 5.78. The van der Waals surface area contributed by atoms with Crippen LogP contribution in [0.15, 0.2) is 42.0 Å². The third-order valence-electron chi connectivity index (χ3n) is 3.51. The number of aromatic nitrogens is 2. The van der Waals surface area contributed by atoms with Crippen molar-refractivity contribution in [3.63, 3.8) is 0 Å². The van der Waals surface area contributed by atoms with Crippen LogP contribution in [0.5, 0.6) is 0 Å². The van der Waals surface area contributed by atoms with Gasteiger partial charge in [0, 0.05) is 25.1 Å². The van der Waals surface area contributed by atoms with Crippen LogP contribution in [-0.4, -0.2) is 23.1 Å². The van der Waals surface area contributed by atoms with E-state index >= 15 is 0 Å². The van der Waals surface area contributed by atoms with Crippen LogP contribution in [0.4, 0.5) is 5.82 Å². The highest BCUT2D eigenvalue weighted by molar-refractivity contribution is 7.16. The van der Waals surface area contributed by atoms with Gasteiger partial charge < -0.3 is 10.1 Å². The minimum atomic E-state index is 0.608. The van der Waals surface area contributed by atoms with E-state index in [0.29, 0.717) is 13.2 Å². The fourth-order valence-electron chi connectivity index (χ4n) is 2.31. The molecule has 24 heavy (non-hydrogen) atoms. The summed E-state index contributed by atoms with van der Waals surface area (Å²) in [4.78, 5) is 9.55. The maximum Gasteiger partial charge on any atom is 0.138 e. The van der Waals surface area contributed by atoms with Crippen molar-refractivity contribution in [3.05, 3.63) is 53.2 Å². The number of rotatable bonds is 6. The van der Waals surface area contributed by atoms with Gasteiger partial charge in [-0.2, -0.15) is 0 Å². The van der Waals surface area contributed by atoms with E-state index in [2.05, 4.69) is 33.2 Å². The summed E-state index contributed by atoms with van der Waals surface area (Å²) in [5.41, 5.74) is 2.17. The molecule has 0 fully saturated rings. The lowest BCUT2D eigenvalue weighted by Gasteiger charge is -2.04. The molecule has 0 aliphatic carbocycles. The van der Waals surface area contributed by atoms with Crippen LogP contribution in [0.25, 0.3) is 10.2 Å². The molecule has 0 unspecified atom stereocenters. The molecule has 0 aliphatic rings. The largest absolute Gasteiger partial charge is 0.377 e. The standard InChI is InChI=1S/C19H19N3OS/c1-2-23-13-16-9-4-3-7-15(16)8-5-6-11-20-18-17-10-12-24-19(17)22-14-21-18/h3-4,7,9-10,12,14H,2,6,11,13H2,1H3,(H,20,21,22). The van der Waals surface area contributed by atoms with E-state index in [9.17, 15) is 0 Å². The molecule has 2 heterocycles. The highest BCUT2D eigenvalue weighted by Crippen LogP contribution is 2.23. The van der Waals surface area contributed by atoms with Gasteiger partial charge in [0.05, 0.1) is 12.0 Å². The molecule has 0 amide bonds. The van der Waals surface area contributed by atoms with Crippen molar-refractivity contribution >= 4 is 27.4 Å². The molecule has 0 radical (unpaired) electrons. The van der Waals surface area contributed by atoms with Crippen LogP contribution in [0.1, 0.15) is 24.5 Å². The lowest BCUT2D eigenvalue weighted by molar-refractivity contribution is 0.134. The van der Waals surface area contributed by atoms with Gasteiger partial charge in [-0.15, -0.1) is 11.3 Å². The molecule has 0 aliphatic heterocycles. The Bertz CT molecular complexity index is 863. The summed E-state index contributed by atoms with van der Waals surface area (Å²) in [6.45, 7) is 4.07. The summed E-state index contributed by atoms with van der Waals surface area (Å²) >= 11 is 1.62. The second-order valence-corrected chi connectivity index (χ2v) is 6.03. The number of nitrogens with one attached hydrogen (secondary N) is 1. The van der Waals surface area contributed by atoms with Crippen LogP contribution >= 0.6 is 11.3 Å². The Morgan fingerprint density at radius 3 is 3.04 bits per heavy atom. The molecular formula is C19H19N3OS. The molecule has 0 saturated heterocycles. The van der Waals surface area contributed by atoms with Crippen molar-refractivity contribution in [1.82, 2.24) is 9.97 Å². The molecule has 3 aromatic rings. The number of ether oxygens (including phenoxy) is 1. The molecule has 0 saturated carbocycles. The highest BCUT2D eigenvalue weighted by atomic mass is 32.1. The van der Waals surface area contributed by atoms with E-state index in [1.807, 2.05) is 36.6 Å². The first-order valence-electron chi connectivity index (χ1n) is 7.95. The maximum absolute atomic E-state index is 5.49. The monoisotopic (exact) mass is 337 g/mol. The van der Waals surface area contributed by atoms with Gasteiger partial charge >= 0.3 is 0 Å². The zero-order valence-corrected chi connectivity index (χ0v) is 14.4. The minimum absolute atomic E-state index is 0.608. The second-order valence-electron chi connectivity index (χ2n) is 5.13. The van der Waals surface area contributed by atoms with Crippen LogP contribution < -0.4 is 5.32 Å². The summed E-state index contributed by atoms with van der Waals surface area (Å²) < 4.78 is 5.49. The Labute approximate surface area is 145 Å². The van der Waals surface area contributed by atoms with Gasteiger partial charge in [-0.25, -0.2) is 9.97 Å². The molecule has 1 aromatic carbocycles. The maximum atomic E-state index is 5.49. The van der Waals surface area contributed by atoms with E-state index in [4.69, 9.17) is 4.74 Å². The molecule has 5 heteroatoms. The molecule has 3 rings (SSSR count). The van der Waals surface area contributed by atoms with Gasteiger partial charge in [-0.3, -0.25) is 0 Å². The van der Waals surface area contributed by atoms with Crippen LogP contribution in [0.3, 0.4) is 0 Å². The SMILES string of the molecule is CCOCc1ccccc1C#CCCNc1ncnc2sccc12. The summed E-state index contributed by atoms with van der Waals surface area (Å²) in [6, 6.07) is 10.2. The Hall–Kier alpha value is -2.42. The molecule has 0 spiro atoms. The van der Waals surface area contributed by atoms with Gasteiger partial charge in [0.15, 0.2) is 0 Å². The Balaban J connectivity index is 1.58. The third kappa shape index (κ3) is 4.10. The number of thiophene rings is 1. The molecule has 1 N–H and O–H groups in total. The number of fused-ring (bicyclic) bond motifs is 1. The van der Waals surface area contributed by atoms with E-state index in [-0.39, 0.29) is 0 Å². The second kappa shape index (κ2) is 8.44. The summed E-state index contributed by atoms with van der Waals surface area (Å²) in [7, 11) is 0. The predicted octanol–water partition coefficient (Wildman–Crippen LogP) is 4.08. The highest BCUT2D eigenvalue weighted by Gasteiger charge is 2.03. The smallest absolute Gasteiger partial charge is 0.138 e. The number of hydrogen-bond donors (Lipinski definition) is 1. The Morgan fingerprint density at radius 2 is 2.12 bits per heavy atom. The van der Waals surface area contributed by atoms with Gasteiger partial charge in [0.2, 0.25) is 0 Å². The summed E-state index contributed by atoms with van der Waals surface area (Å²) in [6.07, 6.45) is 2.34. The lowest BCUT2D eigenvalue weighted by atomic mass is 10.1. The van der Waals surface area contributed by atoms with E-state index in [1.54, 1.807) is 17.7 Å². The van der Waals surface area contributed by atoms with Crippen molar-refractivity contribution in [3.8, 4) is 11.8 Å².